The van der Waals surface area contributed by atoms with E-state index >= 15 is 0 Å². The average molecular weight is 509 g/mol. The molecule has 194 valence electrons. The second kappa shape index (κ2) is 10.2. The maximum absolute atomic E-state index is 12.4. The molecule has 1 N–H and O–H groups in total. The Labute approximate surface area is 222 Å². The van der Waals surface area contributed by atoms with Gasteiger partial charge in [-0.25, -0.2) is 14.8 Å². The number of nitrogens with zero attached hydrogens (tertiary/aromatic N) is 5. The van der Waals surface area contributed by atoms with E-state index in [4.69, 9.17) is 14.7 Å². The van der Waals surface area contributed by atoms with E-state index in [1.165, 1.54) is 5.56 Å². The van der Waals surface area contributed by atoms with E-state index in [0.717, 1.165) is 53.3 Å². The van der Waals surface area contributed by atoms with Crippen LogP contribution in [0.5, 0.6) is 0 Å². The van der Waals surface area contributed by atoms with E-state index in [2.05, 4.69) is 52.0 Å². The average Bonchev–Trinajstić information content (AvgIpc) is 3.28. The highest BCUT2D eigenvalue weighted by Crippen LogP contribution is 2.34. The topological polar surface area (TPSA) is 96.1 Å². The Kier molecular flexibility index (Phi) is 6.77. The molecule has 1 fully saturated rings. The van der Waals surface area contributed by atoms with Gasteiger partial charge in [0.15, 0.2) is 5.65 Å². The van der Waals surface area contributed by atoms with Crippen LogP contribution in [-0.4, -0.2) is 45.4 Å². The van der Waals surface area contributed by atoms with Gasteiger partial charge in [-0.2, -0.15) is 5.26 Å². The molecule has 0 bridgehead atoms. The summed E-state index contributed by atoms with van der Waals surface area (Å²) in [6.07, 6.45) is 3.25. The molecular formula is C30H32N6O2. The predicted molar refractivity (Wildman–Crippen MR) is 148 cm³/mol. The summed E-state index contributed by atoms with van der Waals surface area (Å²) in [6, 6.07) is 19.9. The summed E-state index contributed by atoms with van der Waals surface area (Å²) in [4.78, 5) is 24.6. The number of carbonyl (C=O) groups is 1. The molecule has 1 amide bonds. The number of hydrogen-bond donors (Lipinski definition) is 1. The molecule has 0 aliphatic carbocycles. The van der Waals surface area contributed by atoms with E-state index in [-0.39, 0.29) is 6.04 Å². The highest BCUT2D eigenvalue weighted by molar-refractivity contribution is 5.90. The lowest BCUT2D eigenvalue weighted by atomic mass is 10.1. The molecule has 1 atom stereocenters. The van der Waals surface area contributed by atoms with Crippen LogP contribution in [0, 0.1) is 18.3 Å². The standard InChI is InChI=1S/C30H32N6O2/c1-20-7-13-24(14-8-20)36-27(22-11-9-21(18-31)10-12-22)34-26-25(15-16-32-28(26)36)35-17-5-6-23(19-35)33-29(37)38-30(2,3)4/h7-16,23H,5-6,17,19H2,1-4H3,(H,33,37)/t23-/m1/s1. The Bertz CT molecular complexity index is 1490. The molecule has 8 nitrogen and oxygen atoms in total. The van der Waals surface area contributed by atoms with Crippen molar-refractivity contribution < 1.29 is 9.53 Å². The van der Waals surface area contributed by atoms with Crippen molar-refractivity contribution in [3.8, 4) is 23.1 Å². The number of alkyl carbamates (subject to hydrolysis) is 1. The van der Waals surface area contributed by atoms with Crippen LogP contribution in [0.4, 0.5) is 10.5 Å². The number of carbonyl (C=O) groups excluding carboxylic acids is 1. The van der Waals surface area contributed by atoms with Crippen molar-refractivity contribution in [3.05, 3.63) is 71.9 Å². The zero-order valence-corrected chi connectivity index (χ0v) is 22.2. The van der Waals surface area contributed by atoms with Gasteiger partial charge < -0.3 is 15.0 Å². The van der Waals surface area contributed by atoms with Crippen LogP contribution in [0.2, 0.25) is 0 Å². The summed E-state index contributed by atoms with van der Waals surface area (Å²) < 4.78 is 7.55. The van der Waals surface area contributed by atoms with Gasteiger partial charge in [-0.3, -0.25) is 4.57 Å². The Morgan fingerprint density at radius 3 is 2.53 bits per heavy atom. The lowest BCUT2D eigenvalue weighted by Crippen LogP contribution is -2.49. The number of aromatic nitrogens is 3. The fourth-order valence-corrected chi connectivity index (χ4v) is 4.83. The van der Waals surface area contributed by atoms with E-state index in [0.29, 0.717) is 12.1 Å². The normalized spacial score (nSPS) is 15.8. The predicted octanol–water partition coefficient (Wildman–Crippen LogP) is 5.76. The summed E-state index contributed by atoms with van der Waals surface area (Å²) in [5.41, 5.74) is 5.62. The number of benzene rings is 2. The first kappa shape index (κ1) is 25.3. The maximum Gasteiger partial charge on any atom is 0.407 e. The van der Waals surface area contributed by atoms with Crippen molar-refractivity contribution >= 4 is 22.9 Å². The molecule has 1 aliphatic heterocycles. The van der Waals surface area contributed by atoms with Crippen LogP contribution >= 0.6 is 0 Å². The number of nitrogens with one attached hydrogen (secondary N) is 1. The van der Waals surface area contributed by atoms with E-state index < -0.39 is 11.7 Å². The van der Waals surface area contributed by atoms with Crippen LogP contribution in [0.1, 0.15) is 44.7 Å². The maximum atomic E-state index is 12.4. The van der Waals surface area contributed by atoms with Gasteiger partial charge in [0.25, 0.3) is 0 Å². The second-order valence-corrected chi connectivity index (χ2v) is 10.7. The molecule has 0 spiro atoms. The van der Waals surface area contributed by atoms with Gasteiger partial charge in [0.1, 0.15) is 16.9 Å². The number of pyridine rings is 1. The molecule has 2 aromatic carbocycles. The third-order valence-electron chi connectivity index (χ3n) is 6.57. The van der Waals surface area contributed by atoms with Crippen LogP contribution in [0.25, 0.3) is 28.2 Å². The van der Waals surface area contributed by atoms with Gasteiger partial charge in [-0.1, -0.05) is 17.7 Å². The number of piperidine rings is 1. The molecule has 2 aromatic heterocycles. The zero-order chi connectivity index (χ0) is 26.9. The fourth-order valence-electron chi connectivity index (χ4n) is 4.83. The van der Waals surface area contributed by atoms with Crippen molar-refractivity contribution in [2.75, 3.05) is 18.0 Å². The van der Waals surface area contributed by atoms with Crippen molar-refractivity contribution in [3.63, 3.8) is 0 Å². The summed E-state index contributed by atoms with van der Waals surface area (Å²) in [7, 11) is 0. The first-order valence-corrected chi connectivity index (χ1v) is 12.9. The molecule has 1 aliphatic rings. The molecule has 3 heterocycles. The van der Waals surface area contributed by atoms with E-state index in [1.807, 2.05) is 45.2 Å². The van der Waals surface area contributed by atoms with Crippen LogP contribution in [-0.2, 0) is 4.74 Å². The van der Waals surface area contributed by atoms with E-state index in [9.17, 15) is 10.1 Å². The van der Waals surface area contributed by atoms with Crippen molar-refractivity contribution in [1.29, 1.82) is 5.26 Å². The second-order valence-electron chi connectivity index (χ2n) is 10.7. The van der Waals surface area contributed by atoms with Gasteiger partial charge >= 0.3 is 6.09 Å². The van der Waals surface area contributed by atoms with Crippen molar-refractivity contribution in [1.82, 2.24) is 19.9 Å². The number of ether oxygens (including phenoxy) is 1. The van der Waals surface area contributed by atoms with Crippen LogP contribution < -0.4 is 10.2 Å². The SMILES string of the molecule is Cc1ccc(-n2c(-c3ccc(C#N)cc3)nc3c(N4CCC[C@@H](NC(=O)OC(C)(C)C)C4)ccnc32)cc1. The zero-order valence-electron chi connectivity index (χ0n) is 22.2. The Balaban J connectivity index is 1.55. The number of amides is 1. The molecule has 1 saturated heterocycles. The van der Waals surface area contributed by atoms with Gasteiger partial charge in [0.2, 0.25) is 0 Å². The number of imidazole rings is 1. The smallest absolute Gasteiger partial charge is 0.407 e. The molecule has 38 heavy (non-hydrogen) atoms. The molecule has 0 unspecified atom stereocenters. The Morgan fingerprint density at radius 1 is 1.11 bits per heavy atom. The minimum absolute atomic E-state index is 0.0287. The highest BCUT2D eigenvalue weighted by atomic mass is 16.6. The summed E-state index contributed by atoms with van der Waals surface area (Å²) in [5.74, 6) is 0.758. The highest BCUT2D eigenvalue weighted by Gasteiger charge is 2.27. The van der Waals surface area contributed by atoms with E-state index in [1.54, 1.807) is 12.1 Å². The van der Waals surface area contributed by atoms with Gasteiger partial charge in [-0.15, -0.1) is 0 Å². The monoisotopic (exact) mass is 508 g/mol. The molecule has 0 saturated carbocycles. The largest absolute Gasteiger partial charge is 0.444 e. The molecule has 0 radical (unpaired) electrons. The molecule has 5 rings (SSSR count). The lowest BCUT2D eigenvalue weighted by molar-refractivity contribution is 0.0500. The first-order chi connectivity index (χ1) is 18.2. The Hall–Kier alpha value is -4.38. The number of rotatable bonds is 4. The minimum Gasteiger partial charge on any atom is -0.444 e. The molecule has 8 heteroatoms. The third kappa shape index (κ3) is 5.32. The van der Waals surface area contributed by atoms with Gasteiger partial charge in [0, 0.05) is 36.6 Å². The Morgan fingerprint density at radius 2 is 1.84 bits per heavy atom. The fraction of sp³-hybridized carbons (Fsp3) is 0.333. The summed E-state index contributed by atoms with van der Waals surface area (Å²) in [5, 5.41) is 12.3. The number of fused-ring (bicyclic) bond motifs is 1. The summed E-state index contributed by atoms with van der Waals surface area (Å²) in [6.45, 7) is 9.17. The van der Waals surface area contributed by atoms with Crippen LogP contribution in [0.3, 0.4) is 0 Å². The van der Waals surface area contributed by atoms with Gasteiger partial charge in [-0.05, 0) is 83.0 Å². The lowest BCUT2D eigenvalue weighted by Gasteiger charge is -2.35. The minimum atomic E-state index is -0.541. The summed E-state index contributed by atoms with van der Waals surface area (Å²) >= 11 is 0. The van der Waals surface area contributed by atoms with Crippen molar-refractivity contribution in [2.24, 2.45) is 0 Å². The molecular weight excluding hydrogens is 476 g/mol. The quantitative estimate of drug-likeness (QED) is 0.376. The number of nitriles is 1. The van der Waals surface area contributed by atoms with Gasteiger partial charge in [0.05, 0.1) is 17.3 Å². The third-order valence-corrected chi connectivity index (χ3v) is 6.57. The molecule has 4 aromatic rings. The van der Waals surface area contributed by atoms with Crippen molar-refractivity contribution in [2.45, 2.75) is 52.2 Å². The number of aryl methyl sites for hydroxylation is 1. The van der Waals surface area contributed by atoms with Crippen LogP contribution in [0.15, 0.2) is 60.8 Å². The first-order valence-electron chi connectivity index (χ1n) is 12.9. The number of hydrogen-bond acceptors (Lipinski definition) is 6. The number of anilines is 1.